The molecule has 1 rings (SSSR count). The van der Waals surface area contributed by atoms with Gasteiger partial charge in [0.2, 0.25) is 0 Å². The van der Waals surface area contributed by atoms with Gasteiger partial charge in [0.1, 0.15) is 0 Å². The third-order valence-electron chi connectivity index (χ3n) is 2.49. The average molecular weight is 215 g/mol. The monoisotopic (exact) mass is 215 g/mol. The summed E-state index contributed by atoms with van der Waals surface area (Å²) in [5.41, 5.74) is 0. The number of carbonyl (C=O) groups is 1. The molecule has 5 heteroatoms. The normalized spacial score (nSPS) is 16.5. The molecule has 0 unspecified atom stereocenters. The van der Waals surface area contributed by atoms with Crippen LogP contribution < -0.4 is 5.32 Å². The van der Waals surface area contributed by atoms with Crippen LogP contribution in [0.2, 0.25) is 0 Å². The van der Waals surface area contributed by atoms with Crippen LogP contribution in [0.15, 0.2) is 0 Å². The van der Waals surface area contributed by atoms with Crippen LogP contribution in [0.5, 0.6) is 0 Å². The summed E-state index contributed by atoms with van der Waals surface area (Å²) in [5, 5.41) is 3.22. The highest BCUT2D eigenvalue weighted by atomic mass is 16.5. The summed E-state index contributed by atoms with van der Waals surface area (Å²) in [6.07, 6.45) is 0. The Morgan fingerprint density at radius 1 is 1.47 bits per heavy atom. The third-order valence-corrected chi connectivity index (χ3v) is 2.49. The standard InChI is InChI=1S/C10H21N3O2/c1-3-15-9-8-12(2)10(14)13-6-4-11-5-7-13/h11H,3-9H2,1-2H3. The van der Waals surface area contributed by atoms with Gasteiger partial charge in [-0.2, -0.15) is 0 Å². The van der Waals surface area contributed by atoms with Crippen molar-refractivity contribution in [2.24, 2.45) is 0 Å². The van der Waals surface area contributed by atoms with Gasteiger partial charge >= 0.3 is 6.03 Å². The highest BCUT2D eigenvalue weighted by Crippen LogP contribution is 1.98. The van der Waals surface area contributed by atoms with Crippen molar-refractivity contribution in [3.05, 3.63) is 0 Å². The SMILES string of the molecule is CCOCCN(C)C(=O)N1CCNCC1. The molecule has 15 heavy (non-hydrogen) atoms. The predicted molar refractivity (Wildman–Crippen MR) is 59.0 cm³/mol. The molecule has 0 bridgehead atoms. The van der Waals surface area contributed by atoms with E-state index in [1.807, 2.05) is 18.9 Å². The van der Waals surface area contributed by atoms with Crippen molar-refractivity contribution in [2.45, 2.75) is 6.92 Å². The van der Waals surface area contributed by atoms with Crippen molar-refractivity contribution in [1.82, 2.24) is 15.1 Å². The molecule has 0 aromatic rings. The number of carbonyl (C=O) groups excluding carboxylic acids is 1. The lowest BCUT2D eigenvalue weighted by Gasteiger charge is -2.31. The molecule has 2 amide bonds. The Bertz CT molecular complexity index is 193. The summed E-state index contributed by atoms with van der Waals surface area (Å²) in [4.78, 5) is 15.5. The van der Waals surface area contributed by atoms with E-state index < -0.39 is 0 Å². The number of rotatable bonds is 4. The minimum absolute atomic E-state index is 0.108. The summed E-state index contributed by atoms with van der Waals surface area (Å²) >= 11 is 0. The third kappa shape index (κ3) is 4.05. The number of likely N-dealkylation sites (N-methyl/N-ethyl adjacent to an activating group) is 1. The zero-order valence-electron chi connectivity index (χ0n) is 9.66. The maximum atomic E-state index is 11.9. The van der Waals surface area contributed by atoms with Crippen LogP contribution in [0.4, 0.5) is 4.79 Å². The van der Waals surface area contributed by atoms with Gasteiger partial charge in [0, 0.05) is 46.4 Å². The quantitative estimate of drug-likeness (QED) is 0.670. The first-order chi connectivity index (χ1) is 7.25. The molecule has 0 atom stereocenters. The number of hydrogen-bond donors (Lipinski definition) is 1. The van der Waals surface area contributed by atoms with Crippen molar-refractivity contribution in [2.75, 3.05) is 53.0 Å². The van der Waals surface area contributed by atoms with Crippen molar-refractivity contribution in [1.29, 1.82) is 0 Å². The number of piperazine rings is 1. The van der Waals surface area contributed by atoms with Gasteiger partial charge in [-0.25, -0.2) is 4.79 Å². The first kappa shape index (κ1) is 12.3. The molecule has 5 nitrogen and oxygen atoms in total. The molecule has 0 saturated carbocycles. The van der Waals surface area contributed by atoms with Crippen LogP contribution in [0.1, 0.15) is 6.92 Å². The van der Waals surface area contributed by atoms with E-state index in [4.69, 9.17) is 4.74 Å². The van der Waals surface area contributed by atoms with Crippen LogP contribution in [0.3, 0.4) is 0 Å². The first-order valence-electron chi connectivity index (χ1n) is 5.54. The highest BCUT2D eigenvalue weighted by molar-refractivity contribution is 5.74. The maximum Gasteiger partial charge on any atom is 0.319 e. The molecule has 1 fully saturated rings. The second-order valence-electron chi connectivity index (χ2n) is 3.64. The van der Waals surface area contributed by atoms with Gasteiger partial charge in [-0.15, -0.1) is 0 Å². The molecular weight excluding hydrogens is 194 g/mol. The van der Waals surface area contributed by atoms with Gasteiger partial charge in [-0.1, -0.05) is 0 Å². The van der Waals surface area contributed by atoms with E-state index in [1.54, 1.807) is 4.90 Å². The van der Waals surface area contributed by atoms with Gasteiger partial charge in [-0.05, 0) is 6.92 Å². The molecule has 1 N–H and O–H groups in total. The van der Waals surface area contributed by atoms with E-state index in [9.17, 15) is 4.79 Å². The average Bonchev–Trinajstić information content (AvgIpc) is 2.29. The fraction of sp³-hybridized carbons (Fsp3) is 0.900. The number of amides is 2. The van der Waals surface area contributed by atoms with E-state index in [2.05, 4.69) is 5.32 Å². The number of urea groups is 1. The summed E-state index contributed by atoms with van der Waals surface area (Å²) < 4.78 is 5.22. The van der Waals surface area contributed by atoms with Gasteiger partial charge in [0.25, 0.3) is 0 Å². The summed E-state index contributed by atoms with van der Waals surface area (Å²) in [7, 11) is 1.82. The topological polar surface area (TPSA) is 44.8 Å². The van der Waals surface area contributed by atoms with Crippen LogP contribution in [-0.4, -0.2) is 68.8 Å². The second kappa shape index (κ2) is 6.63. The molecule has 88 valence electrons. The summed E-state index contributed by atoms with van der Waals surface area (Å²) in [5.74, 6) is 0. The van der Waals surface area contributed by atoms with Crippen molar-refractivity contribution >= 4 is 6.03 Å². The Balaban J connectivity index is 2.24. The van der Waals surface area contributed by atoms with Crippen molar-refractivity contribution < 1.29 is 9.53 Å². The smallest absolute Gasteiger partial charge is 0.319 e. The molecule has 1 aliphatic heterocycles. The molecule has 0 aromatic carbocycles. The molecule has 0 radical (unpaired) electrons. The van der Waals surface area contributed by atoms with E-state index in [1.165, 1.54) is 0 Å². The minimum Gasteiger partial charge on any atom is -0.380 e. The Labute approximate surface area is 91.4 Å². The fourth-order valence-electron chi connectivity index (χ4n) is 1.54. The molecule has 1 aliphatic rings. The lowest BCUT2D eigenvalue weighted by molar-refractivity contribution is 0.112. The Kier molecular flexibility index (Phi) is 5.42. The second-order valence-corrected chi connectivity index (χ2v) is 3.64. The number of hydrogen-bond acceptors (Lipinski definition) is 3. The van der Waals surface area contributed by atoms with E-state index >= 15 is 0 Å². The molecular formula is C10H21N3O2. The first-order valence-corrected chi connectivity index (χ1v) is 5.54. The van der Waals surface area contributed by atoms with E-state index in [0.717, 1.165) is 26.2 Å². The molecule has 0 aromatic heterocycles. The lowest BCUT2D eigenvalue weighted by atomic mass is 10.4. The van der Waals surface area contributed by atoms with E-state index in [0.29, 0.717) is 19.8 Å². The van der Waals surface area contributed by atoms with E-state index in [-0.39, 0.29) is 6.03 Å². The summed E-state index contributed by atoms with van der Waals surface area (Å²) in [6, 6.07) is 0.108. The van der Waals surface area contributed by atoms with Crippen molar-refractivity contribution in [3.63, 3.8) is 0 Å². The Hall–Kier alpha value is -0.810. The van der Waals surface area contributed by atoms with Crippen LogP contribution >= 0.6 is 0 Å². The zero-order valence-corrected chi connectivity index (χ0v) is 9.66. The van der Waals surface area contributed by atoms with Gasteiger partial charge in [-0.3, -0.25) is 0 Å². The highest BCUT2D eigenvalue weighted by Gasteiger charge is 2.19. The van der Waals surface area contributed by atoms with Crippen LogP contribution in [0.25, 0.3) is 0 Å². The maximum absolute atomic E-state index is 11.9. The van der Waals surface area contributed by atoms with Crippen molar-refractivity contribution in [3.8, 4) is 0 Å². The molecule has 0 spiro atoms. The summed E-state index contributed by atoms with van der Waals surface area (Å²) in [6.45, 7) is 7.33. The molecule has 1 heterocycles. The fourth-order valence-corrected chi connectivity index (χ4v) is 1.54. The number of nitrogens with one attached hydrogen (secondary N) is 1. The van der Waals surface area contributed by atoms with Gasteiger partial charge in [0.05, 0.1) is 6.61 Å². The number of nitrogens with zero attached hydrogens (tertiary/aromatic N) is 2. The Morgan fingerprint density at radius 3 is 2.73 bits per heavy atom. The largest absolute Gasteiger partial charge is 0.380 e. The van der Waals surface area contributed by atoms with Crippen LogP contribution in [-0.2, 0) is 4.74 Å². The predicted octanol–water partition coefficient (Wildman–Crippen LogP) is -0.0201. The van der Waals surface area contributed by atoms with Gasteiger partial charge < -0.3 is 19.9 Å². The lowest BCUT2D eigenvalue weighted by Crippen LogP contribution is -2.51. The minimum atomic E-state index is 0.108. The number of ether oxygens (including phenoxy) is 1. The van der Waals surface area contributed by atoms with Crippen LogP contribution in [0, 0.1) is 0 Å². The Morgan fingerprint density at radius 2 is 2.13 bits per heavy atom. The molecule has 0 aliphatic carbocycles. The zero-order chi connectivity index (χ0) is 11.1. The molecule has 1 saturated heterocycles. The van der Waals surface area contributed by atoms with Gasteiger partial charge in [0.15, 0.2) is 0 Å².